The summed E-state index contributed by atoms with van der Waals surface area (Å²) in [6.45, 7) is 2.63. The number of nitrogens with zero attached hydrogens (tertiary/aromatic N) is 3. The summed E-state index contributed by atoms with van der Waals surface area (Å²) in [4.78, 5) is 12.9. The molecule has 1 amide bonds. The Kier molecular flexibility index (Phi) is 3.75. The number of benzene rings is 2. The second kappa shape index (κ2) is 5.98. The van der Waals surface area contributed by atoms with Crippen molar-refractivity contribution in [3.63, 3.8) is 0 Å². The molecule has 1 aromatic heterocycles. The Morgan fingerprint density at radius 2 is 2.04 bits per heavy atom. The van der Waals surface area contributed by atoms with Gasteiger partial charge < -0.3 is 14.7 Å². The Morgan fingerprint density at radius 1 is 1.27 bits per heavy atom. The predicted octanol–water partition coefficient (Wildman–Crippen LogP) is 2.62. The van der Waals surface area contributed by atoms with Crippen LogP contribution in [0, 0.1) is 11.6 Å². The van der Waals surface area contributed by atoms with E-state index in [0.29, 0.717) is 24.4 Å². The summed E-state index contributed by atoms with van der Waals surface area (Å²) in [6.07, 6.45) is 1.53. The van der Waals surface area contributed by atoms with Crippen LogP contribution >= 0.6 is 0 Å². The molecule has 0 unspecified atom stereocenters. The molecule has 1 fully saturated rings. The molecule has 0 spiro atoms. The third-order valence-corrected chi connectivity index (χ3v) is 4.37. The number of likely N-dealkylation sites (tertiary alicyclic amines) is 1. The Balaban J connectivity index is 1.59. The van der Waals surface area contributed by atoms with Crippen LogP contribution in [-0.4, -0.2) is 44.9 Å². The number of carbonyl (C=O) groups excluding carboxylic acids is 1. The zero-order valence-electron chi connectivity index (χ0n) is 13.8. The average molecular weight is 359 g/mol. The van der Waals surface area contributed by atoms with Crippen LogP contribution in [-0.2, 0) is 4.79 Å². The van der Waals surface area contributed by atoms with Gasteiger partial charge in [-0.1, -0.05) is 0 Å². The van der Waals surface area contributed by atoms with Crippen molar-refractivity contribution in [2.45, 2.75) is 13.0 Å². The fourth-order valence-electron chi connectivity index (χ4n) is 2.94. The van der Waals surface area contributed by atoms with Crippen LogP contribution in [0.2, 0.25) is 0 Å². The van der Waals surface area contributed by atoms with Gasteiger partial charge in [0.15, 0.2) is 17.4 Å². The molecule has 1 aliphatic heterocycles. The molecule has 6 nitrogen and oxygen atoms in total. The van der Waals surface area contributed by atoms with Crippen LogP contribution in [0.3, 0.4) is 0 Å². The highest BCUT2D eigenvalue weighted by Crippen LogP contribution is 2.28. The molecule has 8 heteroatoms. The molecule has 0 radical (unpaired) electrons. The highest BCUT2D eigenvalue weighted by molar-refractivity contribution is 5.82. The lowest BCUT2D eigenvalue weighted by molar-refractivity contribution is -0.137. The topological polar surface area (TPSA) is 67.6 Å². The average Bonchev–Trinajstić information content (AvgIpc) is 2.98. The number of phenolic OH excluding ortho intramolecular Hbond substituents is 1. The number of rotatable bonds is 3. The standard InChI is InChI=1S/C18H15F2N3O3/c1-10(24)22-8-14(9-22)26-13-2-3-16-11(4-13)7-21-23(16)12-5-15(19)18(20)17(25)6-12/h2-7,14,25H,8-9H2,1H3. The van der Waals surface area contributed by atoms with Gasteiger partial charge in [-0.05, 0) is 18.2 Å². The maximum Gasteiger partial charge on any atom is 0.219 e. The van der Waals surface area contributed by atoms with E-state index in [-0.39, 0.29) is 17.7 Å². The molecule has 0 bridgehead atoms. The second-order valence-corrected chi connectivity index (χ2v) is 6.20. The third kappa shape index (κ3) is 2.73. The summed E-state index contributed by atoms with van der Waals surface area (Å²) in [5, 5.41) is 14.4. The number of hydrogen-bond acceptors (Lipinski definition) is 4. The van der Waals surface area contributed by atoms with Crippen molar-refractivity contribution in [2.24, 2.45) is 0 Å². The molecule has 4 rings (SSSR count). The highest BCUT2D eigenvalue weighted by atomic mass is 19.2. The van der Waals surface area contributed by atoms with Crippen molar-refractivity contribution < 1.29 is 23.4 Å². The van der Waals surface area contributed by atoms with Crippen LogP contribution in [0.4, 0.5) is 8.78 Å². The van der Waals surface area contributed by atoms with Gasteiger partial charge in [0.05, 0.1) is 30.5 Å². The molecule has 0 saturated carbocycles. The van der Waals surface area contributed by atoms with Crippen molar-refractivity contribution in [2.75, 3.05) is 13.1 Å². The van der Waals surface area contributed by atoms with Gasteiger partial charge in [-0.15, -0.1) is 0 Å². The largest absolute Gasteiger partial charge is 0.505 e. The number of aromatic nitrogens is 2. The summed E-state index contributed by atoms with van der Waals surface area (Å²) in [7, 11) is 0. The Hall–Kier alpha value is -3.16. The fourth-order valence-corrected chi connectivity index (χ4v) is 2.94. The lowest BCUT2D eigenvalue weighted by Gasteiger charge is -2.38. The number of carbonyl (C=O) groups is 1. The van der Waals surface area contributed by atoms with E-state index in [4.69, 9.17) is 4.74 Å². The monoisotopic (exact) mass is 359 g/mol. The van der Waals surface area contributed by atoms with Crippen LogP contribution in [0.15, 0.2) is 36.5 Å². The van der Waals surface area contributed by atoms with Gasteiger partial charge in [0.1, 0.15) is 11.9 Å². The van der Waals surface area contributed by atoms with E-state index in [0.717, 1.165) is 17.5 Å². The third-order valence-electron chi connectivity index (χ3n) is 4.37. The Labute approximate surface area is 147 Å². The molecule has 134 valence electrons. The van der Waals surface area contributed by atoms with Gasteiger partial charge in [0, 0.05) is 24.4 Å². The molecular weight excluding hydrogens is 344 g/mol. The zero-order valence-corrected chi connectivity index (χ0v) is 13.8. The van der Waals surface area contributed by atoms with Crippen LogP contribution in [0.25, 0.3) is 16.6 Å². The number of amides is 1. The SMILES string of the molecule is CC(=O)N1CC(Oc2ccc3c(cnn3-c3cc(O)c(F)c(F)c3)c2)C1. The number of phenols is 1. The van der Waals surface area contributed by atoms with E-state index in [1.807, 2.05) is 0 Å². The van der Waals surface area contributed by atoms with E-state index in [1.165, 1.54) is 11.6 Å². The molecule has 0 atom stereocenters. The van der Waals surface area contributed by atoms with Crippen molar-refractivity contribution in [1.82, 2.24) is 14.7 Å². The van der Waals surface area contributed by atoms with Crippen LogP contribution in [0.1, 0.15) is 6.92 Å². The normalized spacial score (nSPS) is 14.5. The number of hydrogen-bond donors (Lipinski definition) is 1. The highest BCUT2D eigenvalue weighted by Gasteiger charge is 2.30. The first-order valence-electron chi connectivity index (χ1n) is 8.00. The van der Waals surface area contributed by atoms with Gasteiger partial charge in [0.25, 0.3) is 0 Å². The van der Waals surface area contributed by atoms with E-state index in [9.17, 15) is 18.7 Å². The van der Waals surface area contributed by atoms with Gasteiger partial charge in [-0.2, -0.15) is 9.49 Å². The summed E-state index contributed by atoms with van der Waals surface area (Å²) in [5.41, 5.74) is 0.864. The van der Waals surface area contributed by atoms with Gasteiger partial charge in [0.2, 0.25) is 5.91 Å². The molecule has 3 aromatic rings. The van der Waals surface area contributed by atoms with Crippen molar-refractivity contribution in [3.8, 4) is 17.2 Å². The first-order valence-corrected chi connectivity index (χ1v) is 8.00. The minimum atomic E-state index is -1.29. The molecule has 26 heavy (non-hydrogen) atoms. The molecule has 1 saturated heterocycles. The molecule has 1 N–H and O–H groups in total. The van der Waals surface area contributed by atoms with E-state index in [1.54, 1.807) is 29.3 Å². The minimum absolute atomic E-state index is 0.0244. The fraction of sp³-hybridized carbons (Fsp3) is 0.222. The van der Waals surface area contributed by atoms with Crippen molar-refractivity contribution in [1.29, 1.82) is 0 Å². The minimum Gasteiger partial charge on any atom is -0.505 e. The summed E-state index contributed by atoms with van der Waals surface area (Å²) in [5.74, 6) is -2.55. The van der Waals surface area contributed by atoms with Gasteiger partial charge >= 0.3 is 0 Å². The lowest BCUT2D eigenvalue weighted by Crippen LogP contribution is -2.55. The van der Waals surface area contributed by atoms with Gasteiger partial charge in [-0.3, -0.25) is 4.79 Å². The molecule has 2 heterocycles. The van der Waals surface area contributed by atoms with Crippen molar-refractivity contribution >= 4 is 16.8 Å². The predicted molar refractivity (Wildman–Crippen MR) is 89.3 cm³/mol. The molecular formula is C18H15F2N3O3. The van der Waals surface area contributed by atoms with Gasteiger partial charge in [-0.25, -0.2) is 9.07 Å². The maximum atomic E-state index is 13.5. The summed E-state index contributed by atoms with van der Waals surface area (Å²) >= 11 is 0. The second-order valence-electron chi connectivity index (χ2n) is 6.20. The van der Waals surface area contributed by atoms with Crippen LogP contribution < -0.4 is 4.74 Å². The first-order chi connectivity index (χ1) is 12.4. The van der Waals surface area contributed by atoms with Crippen LogP contribution in [0.5, 0.6) is 11.5 Å². The zero-order chi connectivity index (χ0) is 18.4. The number of halogens is 2. The summed E-state index contributed by atoms with van der Waals surface area (Å²) in [6, 6.07) is 7.36. The lowest BCUT2D eigenvalue weighted by atomic mass is 10.1. The van der Waals surface area contributed by atoms with E-state index < -0.39 is 17.4 Å². The first kappa shape index (κ1) is 16.3. The Bertz CT molecular complexity index is 989. The quantitative estimate of drug-likeness (QED) is 0.781. The maximum absolute atomic E-state index is 13.5. The smallest absolute Gasteiger partial charge is 0.219 e. The number of ether oxygens (including phenoxy) is 1. The van der Waals surface area contributed by atoms with Crippen molar-refractivity contribution in [3.05, 3.63) is 48.2 Å². The van der Waals surface area contributed by atoms with E-state index >= 15 is 0 Å². The Morgan fingerprint density at radius 3 is 2.73 bits per heavy atom. The number of fused-ring (bicyclic) bond motifs is 1. The molecule has 2 aromatic carbocycles. The molecule has 1 aliphatic rings. The molecule has 0 aliphatic carbocycles. The number of aromatic hydroxyl groups is 1. The van der Waals surface area contributed by atoms with E-state index in [2.05, 4.69) is 5.10 Å². The summed E-state index contributed by atoms with van der Waals surface area (Å²) < 4.78 is 34.0.